The number of aryl methyl sites for hydroxylation is 1. The van der Waals surface area contributed by atoms with E-state index in [1.54, 1.807) is 31.0 Å². The van der Waals surface area contributed by atoms with Gasteiger partial charge in [0, 0.05) is 44.9 Å². The number of hydrogen-bond donors (Lipinski definition) is 4. The molecule has 0 aliphatic heterocycles. The Balaban J connectivity index is 1.79. The number of nitrogens with zero attached hydrogens (tertiary/aromatic N) is 3. The van der Waals surface area contributed by atoms with Gasteiger partial charge in [-0.2, -0.15) is 5.10 Å². The van der Waals surface area contributed by atoms with Crippen molar-refractivity contribution in [3.63, 3.8) is 0 Å². The fourth-order valence-electron chi connectivity index (χ4n) is 2.54. The number of carbonyl (C=O) groups excluding carboxylic acids is 1. The predicted octanol–water partition coefficient (Wildman–Crippen LogP) is 0.889. The van der Waals surface area contributed by atoms with E-state index in [0.717, 1.165) is 5.56 Å². The Morgan fingerprint density at radius 1 is 1.25 bits per heavy atom. The molecule has 0 saturated carbocycles. The summed E-state index contributed by atoms with van der Waals surface area (Å²) in [6, 6.07) is 9.79. The Labute approximate surface area is 166 Å². The largest absolute Gasteiger partial charge is 0.383 e. The lowest BCUT2D eigenvalue weighted by Gasteiger charge is -2.20. The zero-order valence-electron chi connectivity index (χ0n) is 16.8. The first-order valence-corrected chi connectivity index (χ1v) is 9.45. The van der Waals surface area contributed by atoms with E-state index in [4.69, 9.17) is 0 Å². The summed E-state index contributed by atoms with van der Waals surface area (Å²) in [5, 5.41) is 23.9. The molecule has 0 fully saturated rings. The Bertz CT molecular complexity index is 770. The van der Waals surface area contributed by atoms with Gasteiger partial charge in [-0.1, -0.05) is 30.3 Å². The van der Waals surface area contributed by atoms with Crippen molar-refractivity contribution in [1.82, 2.24) is 25.7 Å². The number of carbonyl (C=O) groups is 1. The second-order valence-electron chi connectivity index (χ2n) is 6.81. The van der Waals surface area contributed by atoms with Crippen molar-refractivity contribution < 1.29 is 9.90 Å². The van der Waals surface area contributed by atoms with Gasteiger partial charge in [-0.25, -0.2) is 4.99 Å². The molecule has 1 atom stereocenters. The summed E-state index contributed by atoms with van der Waals surface area (Å²) in [6.45, 7) is 5.48. The summed E-state index contributed by atoms with van der Waals surface area (Å²) < 4.78 is 1.64. The van der Waals surface area contributed by atoms with Crippen molar-refractivity contribution in [1.29, 1.82) is 0 Å². The number of rotatable bonds is 9. The molecule has 0 aliphatic rings. The number of benzene rings is 1. The molecule has 2 rings (SSSR count). The van der Waals surface area contributed by atoms with Crippen LogP contribution in [0.4, 0.5) is 0 Å². The number of amides is 1. The number of nitrogens with one attached hydrogen (secondary N) is 3. The lowest BCUT2D eigenvalue weighted by molar-refractivity contribution is -0.121. The van der Waals surface area contributed by atoms with Gasteiger partial charge in [-0.15, -0.1) is 0 Å². The summed E-state index contributed by atoms with van der Waals surface area (Å²) in [5.41, 5.74) is 0.648. The summed E-state index contributed by atoms with van der Waals surface area (Å²) in [7, 11) is 1.80. The average molecular weight is 387 g/mol. The second-order valence-corrected chi connectivity index (χ2v) is 6.81. The molecule has 4 N–H and O–H groups in total. The lowest BCUT2D eigenvalue weighted by Crippen LogP contribution is -2.40. The molecule has 28 heavy (non-hydrogen) atoms. The fraction of sp³-hybridized carbons (Fsp3) is 0.450. The van der Waals surface area contributed by atoms with Gasteiger partial charge in [-0.3, -0.25) is 9.48 Å². The van der Waals surface area contributed by atoms with Crippen molar-refractivity contribution in [2.45, 2.75) is 32.4 Å². The number of hydrogen-bond acceptors (Lipinski definition) is 4. The Morgan fingerprint density at radius 3 is 2.64 bits per heavy atom. The van der Waals surface area contributed by atoms with E-state index in [2.05, 4.69) is 26.0 Å². The highest BCUT2D eigenvalue weighted by molar-refractivity contribution is 5.81. The Morgan fingerprint density at radius 2 is 2.00 bits per heavy atom. The third kappa shape index (κ3) is 7.03. The molecule has 0 radical (unpaired) electrons. The number of aliphatic imine (C=N–C) groups is 1. The minimum Gasteiger partial charge on any atom is -0.383 e. The number of aliphatic hydroxyl groups is 1. The van der Waals surface area contributed by atoms with Gasteiger partial charge >= 0.3 is 0 Å². The quantitative estimate of drug-likeness (QED) is 0.379. The van der Waals surface area contributed by atoms with Crippen LogP contribution in [0.3, 0.4) is 0 Å². The van der Waals surface area contributed by atoms with Crippen molar-refractivity contribution >= 4 is 11.9 Å². The fourth-order valence-corrected chi connectivity index (χ4v) is 2.54. The molecule has 8 heteroatoms. The van der Waals surface area contributed by atoms with Gasteiger partial charge in [0.25, 0.3) is 0 Å². The number of aromatic nitrogens is 2. The smallest absolute Gasteiger partial charge is 0.222 e. The van der Waals surface area contributed by atoms with Crippen molar-refractivity contribution in [3.05, 3.63) is 53.9 Å². The third-order valence-electron chi connectivity index (χ3n) is 4.19. The molecule has 1 aromatic carbocycles. The monoisotopic (exact) mass is 386 g/mol. The van der Waals surface area contributed by atoms with Gasteiger partial charge in [0.05, 0.1) is 12.7 Å². The maximum absolute atomic E-state index is 12.0. The molecular formula is C20H30N6O2. The minimum atomic E-state index is -1.12. The Kier molecular flexibility index (Phi) is 8.01. The molecule has 0 aliphatic carbocycles. The molecule has 1 unspecified atom stereocenters. The van der Waals surface area contributed by atoms with Gasteiger partial charge in [-0.05, 0) is 19.4 Å². The molecule has 152 valence electrons. The van der Waals surface area contributed by atoms with Crippen molar-refractivity contribution in [2.75, 3.05) is 19.6 Å². The molecule has 1 amide bonds. The first-order valence-electron chi connectivity index (χ1n) is 9.45. The molecule has 8 nitrogen and oxygen atoms in total. The van der Waals surface area contributed by atoms with E-state index in [0.29, 0.717) is 37.6 Å². The third-order valence-corrected chi connectivity index (χ3v) is 4.19. The predicted molar refractivity (Wildman–Crippen MR) is 110 cm³/mol. The maximum atomic E-state index is 12.0. The van der Waals surface area contributed by atoms with Crippen LogP contribution in [-0.2, 0) is 24.0 Å². The van der Waals surface area contributed by atoms with Crippen LogP contribution >= 0.6 is 0 Å². The first kappa shape index (κ1) is 21.4. The highest BCUT2D eigenvalue weighted by Crippen LogP contribution is 2.19. The standard InChI is InChI=1S/C20H30N6O2/c1-4-21-19(24-15-20(2,28)17-13-25-26(3)14-17)22-11-10-18(27)23-12-16-8-6-5-7-9-16/h5-9,13-14,28H,4,10-12,15H2,1-3H3,(H,23,27)(H2,21,22,24). The zero-order valence-corrected chi connectivity index (χ0v) is 16.8. The van der Waals surface area contributed by atoms with Crippen LogP contribution in [0.25, 0.3) is 0 Å². The minimum absolute atomic E-state index is 0.0328. The summed E-state index contributed by atoms with van der Waals surface area (Å²) in [4.78, 5) is 16.4. The molecule has 1 heterocycles. The van der Waals surface area contributed by atoms with Gasteiger partial charge < -0.3 is 21.1 Å². The molecule has 0 saturated heterocycles. The summed E-state index contributed by atoms with van der Waals surface area (Å²) in [5.74, 6) is 0.525. The Hall–Kier alpha value is -2.87. The lowest BCUT2D eigenvalue weighted by atomic mass is 10.0. The zero-order chi connectivity index (χ0) is 20.4. The summed E-state index contributed by atoms with van der Waals surface area (Å²) in [6.07, 6.45) is 3.73. The van der Waals surface area contributed by atoms with E-state index in [-0.39, 0.29) is 12.5 Å². The highest BCUT2D eigenvalue weighted by atomic mass is 16.3. The molecular weight excluding hydrogens is 356 g/mol. The van der Waals surface area contributed by atoms with Crippen LogP contribution in [0.15, 0.2) is 47.7 Å². The molecule has 2 aromatic rings. The first-order chi connectivity index (χ1) is 13.4. The molecule has 1 aromatic heterocycles. The average Bonchev–Trinajstić information content (AvgIpc) is 3.13. The summed E-state index contributed by atoms with van der Waals surface area (Å²) >= 11 is 0. The maximum Gasteiger partial charge on any atom is 0.222 e. The van der Waals surface area contributed by atoms with E-state index in [1.807, 2.05) is 37.3 Å². The van der Waals surface area contributed by atoms with Crippen LogP contribution in [0.2, 0.25) is 0 Å². The molecule has 0 bridgehead atoms. The van der Waals surface area contributed by atoms with Crippen LogP contribution in [0.5, 0.6) is 0 Å². The highest BCUT2D eigenvalue weighted by Gasteiger charge is 2.24. The van der Waals surface area contributed by atoms with Crippen molar-refractivity contribution in [3.8, 4) is 0 Å². The van der Waals surface area contributed by atoms with Gasteiger partial charge in [0.2, 0.25) is 5.91 Å². The van der Waals surface area contributed by atoms with E-state index < -0.39 is 5.60 Å². The van der Waals surface area contributed by atoms with Crippen LogP contribution in [0, 0.1) is 0 Å². The topological polar surface area (TPSA) is 104 Å². The van der Waals surface area contributed by atoms with Gasteiger partial charge in [0.15, 0.2) is 5.96 Å². The second kappa shape index (κ2) is 10.5. The van der Waals surface area contributed by atoms with Crippen molar-refractivity contribution in [2.24, 2.45) is 12.0 Å². The van der Waals surface area contributed by atoms with Crippen LogP contribution in [0.1, 0.15) is 31.4 Å². The van der Waals surface area contributed by atoms with Gasteiger partial charge in [0.1, 0.15) is 5.60 Å². The SMILES string of the molecule is CCNC(=NCC(C)(O)c1cnn(C)c1)NCCC(=O)NCc1ccccc1. The van der Waals surface area contributed by atoms with Crippen LogP contribution < -0.4 is 16.0 Å². The van der Waals surface area contributed by atoms with E-state index in [9.17, 15) is 9.90 Å². The number of guanidine groups is 1. The van der Waals surface area contributed by atoms with Crippen LogP contribution in [-0.4, -0.2) is 46.4 Å². The van der Waals surface area contributed by atoms with E-state index in [1.165, 1.54) is 0 Å². The molecule has 0 spiro atoms. The normalized spacial score (nSPS) is 13.6. The van der Waals surface area contributed by atoms with E-state index >= 15 is 0 Å².